The Labute approximate surface area is 124 Å². The maximum absolute atomic E-state index is 6.18. The Hall–Kier alpha value is 0.790. The Bertz CT molecular complexity index is 268. The van der Waals surface area contributed by atoms with Crippen molar-refractivity contribution in [1.82, 2.24) is 0 Å². The lowest BCUT2D eigenvalue weighted by Crippen LogP contribution is -2.42. The zero-order valence-electron chi connectivity index (χ0n) is 11.2. The molecule has 0 bridgehead atoms. The number of alkyl halides is 1. The molecule has 1 saturated carbocycles. The summed E-state index contributed by atoms with van der Waals surface area (Å²) in [7, 11) is 0. The predicted octanol–water partition coefficient (Wildman–Crippen LogP) is 4.63. The molecule has 0 aromatic heterocycles. The van der Waals surface area contributed by atoms with Crippen molar-refractivity contribution < 1.29 is 4.74 Å². The smallest absolute Gasteiger partial charge is 0.0700 e. The third kappa shape index (κ3) is 3.46. The number of hydrogen-bond donors (Lipinski definition) is 0. The summed E-state index contributed by atoms with van der Waals surface area (Å²) in [6, 6.07) is 0. The Morgan fingerprint density at radius 1 is 1.22 bits per heavy atom. The van der Waals surface area contributed by atoms with E-state index >= 15 is 0 Å². The summed E-state index contributed by atoms with van der Waals surface area (Å²) < 4.78 is 6.18. The van der Waals surface area contributed by atoms with Gasteiger partial charge in [0.2, 0.25) is 0 Å². The van der Waals surface area contributed by atoms with Crippen LogP contribution in [0.4, 0.5) is 0 Å². The molecule has 1 nitrogen and oxygen atoms in total. The lowest BCUT2D eigenvalue weighted by molar-refractivity contribution is -0.103. The minimum absolute atomic E-state index is 0.287. The van der Waals surface area contributed by atoms with Crippen LogP contribution in [0, 0.1) is 11.8 Å². The van der Waals surface area contributed by atoms with Gasteiger partial charge in [0.25, 0.3) is 0 Å². The van der Waals surface area contributed by atoms with Crippen molar-refractivity contribution in [2.75, 3.05) is 18.1 Å². The van der Waals surface area contributed by atoms with E-state index in [4.69, 9.17) is 4.74 Å². The van der Waals surface area contributed by atoms with Gasteiger partial charge in [0.05, 0.1) is 5.60 Å². The number of ether oxygens (including phenoxy) is 1. The zero-order chi connectivity index (χ0) is 12.4. The van der Waals surface area contributed by atoms with E-state index in [0.29, 0.717) is 0 Å². The monoisotopic (exact) mass is 332 g/mol. The van der Waals surface area contributed by atoms with E-state index in [9.17, 15) is 0 Å². The quantitative estimate of drug-likeness (QED) is 0.694. The van der Waals surface area contributed by atoms with Crippen LogP contribution in [0.1, 0.15) is 51.4 Å². The fourth-order valence-electron chi connectivity index (χ4n) is 3.56. The van der Waals surface area contributed by atoms with Gasteiger partial charge in [0.15, 0.2) is 0 Å². The van der Waals surface area contributed by atoms with Crippen LogP contribution >= 0.6 is 27.7 Å². The molecule has 0 amide bonds. The lowest BCUT2D eigenvalue weighted by Gasteiger charge is -2.43. The zero-order valence-corrected chi connectivity index (χ0v) is 13.6. The van der Waals surface area contributed by atoms with Crippen molar-refractivity contribution in [1.29, 1.82) is 0 Å². The number of rotatable bonds is 4. The first-order valence-electron chi connectivity index (χ1n) is 7.63. The van der Waals surface area contributed by atoms with E-state index in [2.05, 4.69) is 27.7 Å². The molecule has 3 rings (SSSR count). The van der Waals surface area contributed by atoms with Crippen molar-refractivity contribution >= 4 is 27.7 Å². The molecule has 0 aromatic carbocycles. The normalized spacial score (nSPS) is 33.5. The van der Waals surface area contributed by atoms with E-state index in [0.717, 1.165) is 23.3 Å². The first kappa shape index (κ1) is 13.8. The highest BCUT2D eigenvalue weighted by molar-refractivity contribution is 9.09. The van der Waals surface area contributed by atoms with Gasteiger partial charge in [-0.3, -0.25) is 0 Å². The van der Waals surface area contributed by atoms with Crippen molar-refractivity contribution in [3.63, 3.8) is 0 Å². The molecule has 1 aliphatic carbocycles. The van der Waals surface area contributed by atoms with Gasteiger partial charge in [-0.2, -0.15) is 11.8 Å². The molecular weight excluding hydrogens is 308 g/mol. The van der Waals surface area contributed by atoms with E-state index in [-0.39, 0.29) is 5.60 Å². The van der Waals surface area contributed by atoms with Gasteiger partial charge >= 0.3 is 0 Å². The number of hydrogen-bond acceptors (Lipinski definition) is 2. The molecule has 2 unspecified atom stereocenters. The molecule has 2 aliphatic heterocycles. The van der Waals surface area contributed by atoms with E-state index in [1.807, 2.05) is 0 Å². The average molecular weight is 333 g/mol. The molecule has 18 heavy (non-hydrogen) atoms. The second-order valence-corrected chi connectivity index (χ2v) is 8.83. The van der Waals surface area contributed by atoms with Gasteiger partial charge in [-0.1, -0.05) is 15.9 Å². The second kappa shape index (κ2) is 6.05. The minimum Gasteiger partial charge on any atom is -0.375 e. The second-order valence-electron chi connectivity index (χ2n) is 6.43. The lowest BCUT2D eigenvalue weighted by atomic mass is 9.80. The molecule has 3 aliphatic rings. The SMILES string of the molecule is BrC(CCC1CCOC2(CCSCC2)C1)C1CC1. The fourth-order valence-corrected chi connectivity index (χ4v) is 5.59. The maximum atomic E-state index is 6.18. The van der Waals surface area contributed by atoms with Crippen LogP contribution in [0.15, 0.2) is 0 Å². The van der Waals surface area contributed by atoms with Gasteiger partial charge in [-0.15, -0.1) is 0 Å². The molecule has 1 spiro atoms. The van der Waals surface area contributed by atoms with E-state index in [1.54, 1.807) is 0 Å². The molecule has 104 valence electrons. The summed E-state index contributed by atoms with van der Waals surface area (Å²) in [5.41, 5.74) is 0.287. The molecule has 0 N–H and O–H groups in total. The van der Waals surface area contributed by atoms with Gasteiger partial charge in [0.1, 0.15) is 0 Å². The van der Waals surface area contributed by atoms with Crippen LogP contribution in [-0.4, -0.2) is 28.5 Å². The Morgan fingerprint density at radius 2 is 2.00 bits per heavy atom. The van der Waals surface area contributed by atoms with Crippen LogP contribution in [0.25, 0.3) is 0 Å². The molecule has 2 saturated heterocycles. The summed E-state index contributed by atoms with van der Waals surface area (Å²) in [5.74, 6) is 4.57. The van der Waals surface area contributed by atoms with Gasteiger partial charge in [-0.25, -0.2) is 0 Å². The molecule has 2 atom stereocenters. The maximum Gasteiger partial charge on any atom is 0.0700 e. The van der Waals surface area contributed by atoms with Crippen LogP contribution < -0.4 is 0 Å². The third-order valence-corrected chi connectivity index (χ3v) is 7.17. The van der Waals surface area contributed by atoms with E-state index < -0.39 is 0 Å². The molecule has 3 heteroatoms. The van der Waals surface area contributed by atoms with Crippen molar-refractivity contribution in [3.8, 4) is 0 Å². The third-order valence-electron chi connectivity index (χ3n) is 4.98. The summed E-state index contributed by atoms with van der Waals surface area (Å²) in [6.07, 6.45) is 11.0. The average Bonchev–Trinajstić information content (AvgIpc) is 3.21. The van der Waals surface area contributed by atoms with Gasteiger partial charge in [0, 0.05) is 11.4 Å². The molecule has 3 fully saturated rings. The topological polar surface area (TPSA) is 9.23 Å². The standard InChI is InChI=1S/C15H25BrOS/c16-14(13-2-3-13)4-1-12-5-8-17-15(11-12)6-9-18-10-7-15/h12-14H,1-11H2. The van der Waals surface area contributed by atoms with Crippen LogP contribution in [-0.2, 0) is 4.74 Å². The molecule has 0 aromatic rings. The highest BCUT2D eigenvalue weighted by Crippen LogP contribution is 2.43. The van der Waals surface area contributed by atoms with Crippen molar-refractivity contribution in [2.45, 2.75) is 61.8 Å². The minimum atomic E-state index is 0.287. The summed E-state index contributed by atoms with van der Waals surface area (Å²) in [4.78, 5) is 0.804. The largest absolute Gasteiger partial charge is 0.375 e. The van der Waals surface area contributed by atoms with Gasteiger partial charge < -0.3 is 4.74 Å². The van der Waals surface area contributed by atoms with E-state index in [1.165, 1.54) is 62.9 Å². The highest BCUT2D eigenvalue weighted by atomic mass is 79.9. The first-order valence-corrected chi connectivity index (χ1v) is 9.70. The molecule has 0 radical (unpaired) electrons. The fraction of sp³-hybridized carbons (Fsp3) is 1.00. The Kier molecular flexibility index (Phi) is 4.62. The van der Waals surface area contributed by atoms with Gasteiger partial charge in [-0.05, 0) is 74.7 Å². The van der Waals surface area contributed by atoms with Crippen molar-refractivity contribution in [2.24, 2.45) is 11.8 Å². The highest BCUT2D eigenvalue weighted by Gasteiger charge is 2.39. The van der Waals surface area contributed by atoms with Crippen LogP contribution in [0.3, 0.4) is 0 Å². The summed E-state index contributed by atoms with van der Waals surface area (Å²) >= 11 is 5.99. The number of halogens is 1. The first-order chi connectivity index (χ1) is 8.77. The van der Waals surface area contributed by atoms with Crippen molar-refractivity contribution in [3.05, 3.63) is 0 Å². The summed E-state index contributed by atoms with van der Waals surface area (Å²) in [5, 5.41) is 0. The predicted molar refractivity (Wildman–Crippen MR) is 82.6 cm³/mol. The molecule has 2 heterocycles. The van der Waals surface area contributed by atoms with Crippen LogP contribution in [0.5, 0.6) is 0 Å². The Morgan fingerprint density at radius 3 is 2.72 bits per heavy atom. The Balaban J connectivity index is 1.47. The molecular formula is C15H25BrOS. The number of thioether (sulfide) groups is 1. The van der Waals surface area contributed by atoms with Crippen LogP contribution in [0.2, 0.25) is 0 Å². The summed E-state index contributed by atoms with van der Waals surface area (Å²) in [6.45, 7) is 1.02.